The molecule has 0 saturated heterocycles. The van der Waals surface area contributed by atoms with E-state index in [0.29, 0.717) is 11.8 Å². The van der Waals surface area contributed by atoms with Gasteiger partial charge < -0.3 is 14.8 Å². The Balaban J connectivity index is 1.76. The van der Waals surface area contributed by atoms with Gasteiger partial charge in [0.05, 0.1) is 20.3 Å². The molecule has 124 valence electrons. The molecule has 4 heteroatoms. The molecule has 0 aromatic heterocycles. The Bertz CT molecular complexity index is 802. The monoisotopic (exact) mass is 385 g/mol. The molecule has 0 amide bonds. The van der Waals surface area contributed by atoms with Gasteiger partial charge in [-0.25, -0.2) is 0 Å². The third kappa shape index (κ3) is 2.49. The van der Waals surface area contributed by atoms with Crippen LogP contribution in [0.4, 0.5) is 5.69 Å². The SMILES string of the molecule is COc1ccc(C2Nc3ccc(Br)cc3C3C=CCC32)cc1OC. The molecule has 24 heavy (non-hydrogen) atoms. The molecule has 2 aromatic carbocycles. The lowest BCUT2D eigenvalue weighted by Crippen LogP contribution is -2.29. The zero-order valence-electron chi connectivity index (χ0n) is 13.8. The molecule has 0 fully saturated rings. The Morgan fingerprint density at radius 3 is 2.67 bits per heavy atom. The summed E-state index contributed by atoms with van der Waals surface area (Å²) in [4.78, 5) is 0. The summed E-state index contributed by atoms with van der Waals surface area (Å²) in [5.41, 5.74) is 3.82. The van der Waals surface area contributed by atoms with E-state index < -0.39 is 0 Å². The number of allylic oxidation sites excluding steroid dienone is 2. The largest absolute Gasteiger partial charge is 0.493 e. The third-order valence-corrected chi connectivity index (χ3v) is 5.58. The smallest absolute Gasteiger partial charge is 0.161 e. The van der Waals surface area contributed by atoms with Crippen molar-refractivity contribution in [3.05, 3.63) is 64.1 Å². The van der Waals surface area contributed by atoms with Gasteiger partial charge in [-0.15, -0.1) is 0 Å². The van der Waals surface area contributed by atoms with Gasteiger partial charge in [-0.2, -0.15) is 0 Å². The van der Waals surface area contributed by atoms with Crippen LogP contribution in [-0.4, -0.2) is 14.2 Å². The van der Waals surface area contributed by atoms with Crippen LogP contribution in [0.3, 0.4) is 0 Å². The molecule has 3 unspecified atom stereocenters. The number of halogens is 1. The molecule has 1 aliphatic heterocycles. The van der Waals surface area contributed by atoms with Crippen LogP contribution in [0.15, 0.2) is 53.0 Å². The summed E-state index contributed by atoms with van der Waals surface area (Å²) in [7, 11) is 3.35. The topological polar surface area (TPSA) is 30.5 Å². The molecule has 1 N–H and O–H groups in total. The van der Waals surface area contributed by atoms with Crippen LogP contribution in [0.1, 0.15) is 29.5 Å². The number of nitrogens with one attached hydrogen (secondary N) is 1. The molecule has 4 rings (SSSR count). The van der Waals surface area contributed by atoms with Gasteiger partial charge in [-0.1, -0.05) is 34.1 Å². The van der Waals surface area contributed by atoms with Crippen LogP contribution in [-0.2, 0) is 0 Å². The second-order valence-electron chi connectivity index (χ2n) is 6.32. The summed E-state index contributed by atoms with van der Waals surface area (Å²) in [6.07, 6.45) is 5.74. The van der Waals surface area contributed by atoms with Crippen molar-refractivity contribution in [2.45, 2.75) is 18.4 Å². The number of ether oxygens (including phenoxy) is 2. The fourth-order valence-corrected chi connectivity index (χ4v) is 4.32. The molecule has 0 saturated carbocycles. The summed E-state index contributed by atoms with van der Waals surface area (Å²) in [5, 5.41) is 3.74. The zero-order chi connectivity index (χ0) is 16.7. The van der Waals surface area contributed by atoms with E-state index in [4.69, 9.17) is 9.47 Å². The van der Waals surface area contributed by atoms with Crippen molar-refractivity contribution >= 4 is 21.6 Å². The molecule has 0 spiro atoms. The molecule has 1 heterocycles. The minimum absolute atomic E-state index is 0.262. The van der Waals surface area contributed by atoms with Gasteiger partial charge in [0.2, 0.25) is 0 Å². The molecule has 3 nitrogen and oxygen atoms in total. The Morgan fingerprint density at radius 2 is 1.88 bits per heavy atom. The van der Waals surface area contributed by atoms with Gasteiger partial charge >= 0.3 is 0 Å². The van der Waals surface area contributed by atoms with Crippen LogP contribution in [0, 0.1) is 5.92 Å². The van der Waals surface area contributed by atoms with Crippen LogP contribution in [0.25, 0.3) is 0 Å². The first kappa shape index (κ1) is 15.6. The molecule has 1 aliphatic carbocycles. The van der Waals surface area contributed by atoms with Gasteiger partial charge in [0.1, 0.15) is 0 Å². The first-order valence-corrected chi connectivity index (χ1v) is 8.95. The highest BCUT2D eigenvalue weighted by Crippen LogP contribution is 2.50. The van der Waals surface area contributed by atoms with Crippen LogP contribution in [0.5, 0.6) is 11.5 Å². The average molecular weight is 386 g/mol. The molecule has 2 aliphatic rings. The number of hydrogen-bond acceptors (Lipinski definition) is 3. The molecule has 0 radical (unpaired) electrons. The molecular formula is C20H20BrNO2. The van der Waals surface area contributed by atoms with E-state index in [0.717, 1.165) is 22.4 Å². The lowest BCUT2D eigenvalue weighted by molar-refractivity contribution is 0.353. The predicted molar refractivity (Wildman–Crippen MR) is 100 cm³/mol. The summed E-state index contributed by atoms with van der Waals surface area (Å²) in [6.45, 7) is 0. The maximum Gasteiger partial charge on any atom is 0.161 e. The standard InChI is InChI=1S/C20H20BrNO2/c1-23-18-9-6-12(10-19(18)24-2)20-15-5-3-4-14(15)16-11-13(21)7-8-17(16)22-20/h3-4,6-11,14-15,20,22H,5H2,1-2H3. The maximum absolute atomic E-state index is 5.49. The highest BCUT2D eigenvalue weighted by atomic mass is 79.9. The fraction of sp³-hybridized carbons (Fsp3) is 0.300. The van der Waals surface area contributed by atoms with Crippen molar-refractivity contribution in [3.8, 4) is 11.5 Å². The number of anilines is 1. The van der Waals surface area contributed by atoms with E-state index in [-0.39, 0.29) is 6.04 Å². The Labute approximate surface area is 150 Å². The second kappa shape index (κ2) is 6.17. The van der Waals surface area contributed by atoms with Crippen molar-refractivity contribution in [1.29, 1.82) is 0 Å². The highest BCUT2D eigenvalue weighted by Gasteiger charge is 2.38. The minimum atomic E-state index is 0.262. The van der Waals surface area contributed by atoms with Crippen LogP contribution >= 0.6 is 15.9 Å². The molecule has 3 atom stereocenters. The quantitative estimate of drug-likeness (QED) is 0.727. The third-order valence-electron chi connectivity index (χ3n) is 5.09. The predicted octanol–water partition coefficient (Wildman–Crippen LogP) is 5.29. The van der Waals surface area contributed by atoms with Crippen molar-refractivity contribution in [1.82, 2.24) is 0 Å². The van der Waals surface area contributed by atoms with Crippen LogP contribution in [0.2, 0.25) is 0 Å². The van der Waals surface area contributed by atoms with Gasteiger partial charge in [-0.05, 0) is 53.8 Å². The number of benzene rings is 2. The average Bonchev–Trinajstić information content (AvgIpc) is 3.10. The summed E-state index contributed by atoms with van der Waals surface area (Å²) in [6, 6.07) is 13.0. The lowest BCUT2D eigenvalue weighted by atomic mass is 9.77. The Kier molecular flexibility index (Phi) is 4.01. The van der Waals surface area contributed by atoms with E-state index in [1.807, 2.05) is 6.07 Å². The lowest BCUT2D eigenvalue weighted by Gasteiger charge is -2.37. The van der Waals surface area contributed by atoms with Gasteiger partial charge in [0.15, 0.2) is 11.5 Å². The van der Waals surface area contributed by atoms with Crippen molar-refractivity contribution in [2.24, 2.45) is 5.92 Å². The van der Waals surface area contributed by atoms with Gasteiger partial charge in [-0.3, -0.25) is 0 Å². The van der Waals surface area contributed by atoms with E-state index >= 15 is 0 Å². The first-order valence-electron chi connectivity index (χ1n) is 8.16. The van der Waals surface area contributed by atoms with Crippen molar-refractivity contribution < 1.29 is 9.47 Å². The molecular weight excluding hydrogens is 366 g/mol. The van der Waals surface area contributed by atoms with Crippen molar-refractivity contribution in [2.75, 3.05) is 19.5 Å². The Morgan fingerprint density at radius 1 is 1.04 bits per heavy atom. The van der Waals surface area contributed by atoms with Crippen molar-refractivity contribution in [3.63, 3.8) is 0 Å². The highest BCUT2D eigenvalue weighted by molar-refractivity contribution is 9.10. The Hall–Kier alpha value is -1.94. The maximum atomic E-state index is 5.49. The summed E-state index contributed by atoms with van der Waals surface area (Å²) < 4.78 is 12.0. The number of fused-ring (bicyclic) bond motifs is 3. The van der Waals surface area contributed by atoms with E-state index in [1.165, 1.54) is 16.8 Å². The van der Waals surface area contributed by atoms with Crippen LogP contribution < -0.4 is 14.8 Å². The zero-order valence-corrected chi connectivity index (χ0v) is 15.3. The first-order chi connectivity index (χ1) is 11.7. The summed E-state index contributed by atoms with van der Waals surface area (Å²) in [5.74, 6) is 2.52. The fourth-order valence-electron chi connectivity index (χ4n) is 3.94. The number of hydrogen-bond donors (Lipinski definition) is 1. The minimum Gasteiger partial charge on any atom is -0.493 e. The summed E-state index contributed by atoms with van der Waals surface area (Å²) >= 11 is 3.60. The van der Waals surface area contributed by atoms with E-state index in [9.17, 15) is 0 Å². The normalized spacial score (nSPS) is 24.0. The second-order valence-corrected chi connectivity index (χ2v) is 7.24. The van der Waals surface area contributed by atoms with Gasteiger partial charge in [0.25, 0.3) is 0 Å². The van der Waals surface area contributed by atoms with E-state index in [1.54, 1.807) is 14.2 Å². The number of methoxy groups -OCH3 is 2. The van der Waals surface area contributed by atoms with Gasteiger partial charge in [0, 0.05) is 16.1 Å². The van der Waals surface area contributed by atoms with E-state index in [2.05, 4.69) is 63.7 Å². The molecule has 0 bridgehead atoms. The number of rotatable bonds is 3. The molecule has 2 aromatic rings.